The van der Waals surface area contributed by atoms with Gasteiger partial charge in [-0.05, 0) is 41.8 Å². The molecule has 0 bridgehead atoms. The quantitative estimate of drug-likeness (QED) is 0.153. The number of rotatable bonds is 19. The third kappa shape index (κ3) is 10.8. The molecule has 0 heterocycles. The van der Waals surface area contributed by atoms with Crippen molar-refractivity contribution in [3.05, 3.63) is 72.3 Å². The third-order valence-electron chi connectivity index (χ3n) is 5.50. The van der Waals surface area contributed by atoms with E-state index in [4.69, 9.17) is 28.4 Å². The maximum Gasteiger partial charge on any atom is 0.330 e. The summed E-state index contributed by atoms with van der Waals surface area (Å²) in [7, 11) is 0. The summed E-state index contributed by atoms with van der Waals surface area (Å²) < 4.78 is 32.7. The Labute approximate surface area is 215 Å². The number of carbonyl (C=O) groups is 1. The third-order valence-corrected chi connectivity index (χ3v) is 5.50. The predicted octanol–water partition coefficient (Wildman–Crippen LogP) is 4.96. The van der Waals surface area contributed by atoms with Gasteiger partial charge in [-0.25, -0.2) is 4.79 Å². The summed E-state index contributed by atoms with van der Waals surface area (Å²) in [4.78, 5) is 10.9. The van der Waals surface area contributed by atoms with Gasteiger partial charge >= 0.3 is 5.97 Å². The normalized spacial score (nSPS) is 11.2. The topological polar surface area (TPSA) is 72.5 Å². The highest BCUT2D eigenvalue weighted by Gasteiger charge is 2.23. The van der Waals surface area contributed by atoms with Crippen LogP contribution in [0.4, 0.5) is 0 Å². The van der Waals surface area contributed by atoms with Gasteiger partial charge in [0.1, 0.15) is 31.3 Å². The lowest BCUT2D eigenvalue weighted by molar-refractivity contribution is -0.139. The first-order valence-electron chi connectivity index (χ1n) is 12.5. The lowest BCUT2D eigenvalue weighted by Gasteiger charge is -2.26. The Morgan fingerprint density at radius 2 is 1.11 bits per heavy atom. The van der Waals surface area contributed by atoms with Crippen molar-refractivity contribution < 1.29 is 33.2 Å². The van der Waals surface area contributed by atoms with Crippen LogP contribution in [0.1, 0.15) is 38.3 Å². The lowest BCUT2D eigenvalue weighted by Crippen LogP contribution is -2.19. The first-order chi connectivity index (χ1) is 17.5. The molecule has 0 aromatic heterocycles. The Morgan fingerprint density at radius 1 is 0.694 bits per heavy atom. The zero-order valence-electron chi connectivity index (χ0n) is 21.8. The molecule has 0 spiro atoms. The Morgan fingerprint density at radius 3 is 1.56 bits per heavy atom. The van der Waals surface area contributed by atoms with Crippen LogP contribution in [0.15, 0.2) is 61.2 Å². The molecular weight excluding hydrogens is 460 g/mol. The maximum atomic E-state index is 10.9. The van der Waals surface area contributed by atoms with Gasteiger partial charge in [0.25, 0.3) is 0 Å². The van der Waals surface area contributed by atoms with Crippen molar-refractivity contribution in [2.24, 2.45) is 0 Å². The summed E-state index contributed by atoms with van der Waals surface area (Å²) in [6.07, 6.45) is 2.15. The second kappa shape index (κ2) is 16.7. The standard InChI is InChI=1S/C29H40O7/c1-5-15-31-16-17-32-18-21-34-26-11-7-24(8-12-26)29(3,4)25-9-13-27(14-10-25)35-22-19-33-20-23-36-28(30)6-2/h6-14H,2,5,15-23H2,1,3-4H3. The van der Waals surface area contributed by atoms with E-state index >= 15 is 0 Å². The number of hydrogen-bond acceptors (Lipinski definition) is 7. The number of hydrogen-bond donors (Lipinski definition) is 0. The van der Waals surface area contributed by atoms with E-state index in [1.807, 2.05) is 24.3 Å². The zero-order chi connectivity index (χ0) is 26.1. The molecule has 0 radical (unpaired) electrons. The molecule has 198 valence electrons. The predicted molar refractivity (Wildman–Crippen MR) is 140 cm³/mol. The molecule has 0 N–H and O–H groups in total. The monoisotopic (exact) mass is 500 g/mol. The van der Waals surface area contributed by atoms with Gasteiger partial charge in [-0.15, -0.1) is 0 Å². The van der Waals surface area contributed by atoms with Crippen molar-refractivity contribution >= 4 is 5.97 Å². The average molecular weight is 501 g/mol. The van der Waals surface area contributed by atoms with Crippen LogP contribution in [0.3, 0.4) is 0 Å². The summed E-state index contributed by atoms with van der Waals surface area (Å²) in [5.74, 6) is 1.15. The molecule has 7 heteroatoms. The van der Waals surface area contributed by atoms with Crippen LogP contribution in [0.5, 0.6) is 11.5 Å². The van der Waals surface area contributed by atoms with Crippen molar-refractivity contribution in [3.8, 4) is 11.5 Å². The Balaban J connectivity index is 1.71. The minimum atomic E-state index is -0.452. The molecule has 0 unspecified atom stereocenters. The van der Waals surface area contributed by atoms with Crippen molar-refractivity contribution in [3.63, 3.8) is 0 Å². The summed E-state index contributed by atoms with van der Waals surface area (Å²) in [6, 6.07) is 16.3. The van der Waals surface area contributed by atoms with Gasteiger partial charge < -0.3 is 28.4 Å². The first-order valence-corrected chi connectivity index (χ1v) is 12.5. The van der Waals surface area contributed by atoms with Gasteiger partial charge in [0.2, 0.25) is 0 Å². The molecule has 36 heavy (non-hydrogen) atoms. The van der Waals surface area contributed by atoms with Crippen LogP contribution in [0, 0.1) is 0 Å². The fourth-order valence-corrected chi connectivity index (χ4v) is 3.37. The van der Waals surface area contributed by atoms with E-state index in [0.717, 1.165) is 30.6 Å². The summed E-state index contributed by atoms with van der Waals surface area (Å²) in [5, 5.41) is 0. The van der Waals surface area contributed by atoms with Crippen molar-refractivity contribution in [1.82, 2.24) is 0 Å². The number of carbonyl (C=O) groups excluding carboxylic acids is 1. The molecule has 7 nitrogen and oxygen atoms in total. The SMILES string of the molecule is C=CC(=O)OCCOCCOc1ccc(C(C)(C)c2ccc(OCCOCCOCCC)cc2)cc1. The fraction of sp³-hybridized carbons (Fsp3) is 0.483. The highest BCUT2D eigenvalue weighted by Crippen LogP contribution is 2.33. The van der Waals surface area contributed by atoms with E-state index in [-0.39, 0.29) is 12.0 Å². The molecule has 2 aromatic carbocycles. The van der Waals surface area contributed by atoms with Gasteiger partial charge in [0.05, 0.1) is 33.0 Å². The summed E-state index contributed by atoms with van der Waals surface area (Å²) in [6.45, 7) is 14.2. The minimum Gasteiger partial charge on any atom is -0.491 e. The lowest BCUT2D eigenvalue weighted by atomic mass is 9.78. The number of esters is 1. The maximum absolute atomic E-state index is 10.9. The number of ether oxygens (including phenoxy) is 6. The van der Waals surface area contributed by atoms with Crippen LogP contribution in [-0.4, -0.2) is 65.4 Å². The van der Waals surface area contributed by atoms with E-state index in [0.29, 0.717) is 46.2 Å². The van der Waals surface area contributed by atoms with E-state index in [1.54, 1.807) is 0 Å². The second-order valence-electron chi connectivity index (χ2n) is 8.58. The molecule has 2 rings (SSSR count). The van der Waals surface area contributed by atoms with E-state index in [9.17, 15) is 4.79 Å². The van der Waals surface area contributed by atoms with Crippen LogP contribution in [0.25, 0.3) is 0 Å². The van der Waals surface area contributed by atoms with Crippen molar-refractivity contribution in [2.45, 2.75) is 32.6 Å². The van der Waals surface area contributed by atoms with Crippen molar-refractivity contribution in [1.29, 1.82) is 0 Å². The molecule has 0 aliphatic carbocycles. The highest BCUT2D eigenvalue weighted by molar-refractivity contribution is 5.81. The molecule has 0 fully saturated rings. The second-order valence-corrected chi connectivity index (χ2v) is 8.58. The molecule has 0 aliphatic rings. The number of benzene rings is 2. The molecular formula is C29H40O7. The molecule has 2 aromatic rings. The van der Waals surface area contributed by atoms with Gasteiger partial charge in [0, 0.05) is 18.1 Å². The van der Waals surface area contributed by atoms with Gasteiger partial charge in [0.15, 0.2) is 0 Å². The van der Waals surface area contributed by atoms with Gasteiger partial charge in [-0.1, -0.05) is 51.6 Å². The minimum absolute atomic E-state index is 0.176. The molecule has 0 saturated carbocycles. The Hall–Kier alpha value is -2.87. The molecule has 0 amide bonds. The first kappa shape index (κ1) is 29.4. The molecule has 0 aliphatic heterocycles. The Bertz CT molecular complexity index is 876. The summed E-state index contributed by atoms with van der Waals surface area (Å²) >= 11 is 0. The molecule has 0 atom stereocenters. The van der Waals surface area contributed by atoms with Gasteiger partial charge in [-0.3, -0.25) is 0 Å². The fourth-order valence-electron chi connectivity index (χ4n) is 3.37. The Kier molecular flexibility index (Phi) is 13.7. The van der Waals surface area contributed by atoms with Gasteiger partial charge in [-0.2, -0.15) is 0 Å². The van der Waals surface area contributed by atoms with Crippen LogP contribution < -0.4 is 9.47 Å². The largest absolute Gasteiger partial charge is 0.491 e. The van der Waals surface area contributed by atoms with E-state index in [2.05, 4.69) is 51.6 Å². The van der Waals surface area contributed by atoms with Crippen molar-refractivity contribution in [2.75, 3.05) is 59.5 Å². The van der Waals surface area contributed by atoms with Crippen LogP contribution >= 0.6 is 0 Å². The van der Waals surface area contributed by atoms with Crippen LogP contribution in [0.2, 0.25) is 0 Å². The van der Waals surface area contributed by atoms with E-state index < -0.39 is 5.97 Å². The van der Waals surface area contributed by atoms with E-state index in [1.165, 1.54) is 11.1 Å². The smallest absolute Gasteiger partial charge is 0.330 e. The summed E-state index contributed by atoms with van der Waals surface area (Å²) in [5.41, 5.74) is 2.20. The zero-order valence-corrected chi connectivity index (χ0v) is 21.8. The molecule has 0 saturated heterocycles. The average Bonchev–Trinajstić information content (AvgIpc) is 2.90. The highest BCUT2D eigenvalue weighted by atomic mass is 16.6. The van der Waals surface area contributed by atoms with Crippen LogP contribution in [-0.2, 0) is 29.2 Å².